The molecule has 1 saturated heterocycles. The van der Waals surface area contributed by atoms with E-state index in [0.717, 1.165) is 19.4 Å². The van der Waals surface area contributed by atoms with Gasteiger partial charge in [-0.25, -0.2) is 0 Å². The molecule has 1 N–H and O–H groups in total. The molecule has 1 atom stereocenters. The van der Waals surface area contributed by atoms with Crippen LogP contribution < -0.4 is 5.32 Å². The second-order valence-corrected chi connectivity index (χ2v) is 4.66. The van der Waals surface area contributed by atoms with Crippen LogP contribution >= 0.6 is 0 Å². The lowest BCUT2D eigenvalue weighted by atomic mass is 9.97. The normalized spacial score (nSPS) is 21.9. The lowest BCUT2D eigenvalue weighted by molar-refractivity contribution is -0.144. The highest BCUT2D eigenvalue weighted by Gasteiger charge is 2.28. The molecule has 0 aliphatic carbocycles. The van der Waals surface area contributed by atoms with Gasteiger partial charge in [0.25, 0.3) is 5.91 Å². The van der Waals surface area contributed by atoms with Crippen LogP contribution in [0.1, 0.15) is 26.7 Å². The van der Waals surface area contributed by atoms with Crippen LogP contribution in [-0.2, 0) is 4.79 Å². The van der Waals surface area contributed by atoms with Crippen LogP contribution in [0.3, 0.4) is 0 Å². The standard InChI is InChI=1S/C11H20F2N2O/c1-8(2)14-6-9-4-3-5-15(7-9)11(16)10(12)13/h8-10,14H,3-7H2,1-2H3. The van der Waals surface area contributed by atoms with Crippen LogP contribution in [0.2, 0.25) is 0 Å². The van der Waals surface area contributed by atoms with E-state index in [0.29, 0.717) is 25.0 Å². The van der Waals surface area contributed by atoms with Gasteiger partial charge in [-0.1, -0.05) is 13.8 Å². The molecule has 0 aromatic rings. The summed E-state index contributed by atoms with van der Waals surface area (Å²) in [5, 5.41) is 3.28. The number of alkyl halides is 2. The molecule has 0 aromatic heterocycles. The smallest absolute Gasteiger partial charge is 0.315 e. The van der Waals surface area contributed by atoms with Gasteiger partial charge in [-0.2, -0.15) is 8.78 Å². The highest BCUT2D eigenvalue weighted by molar-refractivity contribution is 5.79. The van der Waals surface area contributed by atoms with Gasteiger partial charge in [0, 0.05) is 19.1 Å². The second kappa shape index (κ2) is 6.13. The largest absolute Gasteiger partial charge is 0.337 e. The Bertz CT molecular complexity index is 234. The predicted molar refractivity (Wildman–Crippen MR) is 58.4 cm³/mol. The minimum Gasteiger partial charge on any atom is -0.337 e. The van der Waals surface area contributed by atoms with Crippen LogP contribution in [0.4, 0.5) is 8.78 Å². The van der Waals surface area contributed by atoms with Crippen molar-refractivity contribution in [2.24, 2.45) is 5.92 Å². The molecule has 0 aromatic carbocycles. The highest BCUT2D eigenvalue weighted by atomic mass is 19.3. The first-order valence-corrected chi connectivity index (χ1v) is 5.81. The van der Waals surface area contributed by atoms with Crippen molar-refractivity contribution in [3.8, 4) is 0 Å². The van der Waals surface area contributed by atoms with Crippen molar-refractivity contribution in [2.45, 2.75) is 39.2 Å². The Balaban J connectivity index is 2.38. The van der Waals surface area contributed by atoms with Gasteiger partial charge in [-0.15, -0.1) is 0 Å². The van der Waals surface area contributed by atoms with Crippen molar-refractivity contribution in [1.82, 2.24) is 10.2 Å². The quantitative estimate of drug-likeness (QED) is 0.799. The molecule has 1 fully saturated rings. The van der Waals surface area contributed by atoms with Gasteiger partial charge in [0.2, 0.25) is 0 Å². The van der Waals surface area contributed by atoms with E-state index < -0.39 is 12.3 Å². The monoisotopic (exact) mass is 234 g/mol. The molecule has 1 aliphatic heterocycles. The number of hydrogen-bond acceptors (Lipinski definition) is 2. The third-order valence-corrected chi connectivity index (χ3v) is 2.83. The van der Waals surface area contributed by atoms with Crippen molar-refractivity contribution in [2.75, 3.05) is 19.6 Å². The average molecular weight is 234 g/mol. The van der Waals surface area contributed by atoms with Gasteiger partial charge >= 0.3 is 6.43 Å². The van der Waals surface area contributed by atoms with E-state index in [2.05, 4.69) is 5.32 Å². The van der Waals surface area contributed by atoms with Gasteiger partial charge < -0.3 is 10.2 Å². The van der Waals surface area contributed by atoms with Crippen molar-refractivity contribution in [3.05, 3.63) is 0 Å². The van der Waals surface area contributed by atoms with Gasteiger partial charge in [-0.05, 0) is 25.3 Å². The first kappa shape index (κ1) is 13.4. The van der Waals surface area contributed by atoms with Crippen LogP contribution in [0.25, 0.3) is 0 Å². The van der Waals surface area contributed by atoms with E-state index >= 15 is 0 Å². The summed E-state index contributed by atoms with van der Waals surface area (Å²) in [6, 6.07) is 0.390. The summed E-state index contributed by atoms with van der Waals surface area (Å²) in [6.07, 6.45) is -1.04. The highest BCUT2D eigenvalue weighted by Crippen LogP contribution is 2.17. The molecule has 3 nitrogen and oxygen atoms in total. The van der Waals surface area contributed by atoms with Crippen LogP contribution in [-0.4, -0.2) is 42.9 Å². The number of amides is 1. The topological polar surface area (TPSA) is 32.3 Å². The van der Waals surface area contributed by atoms with E-state index in [1.54, 1.807) is 0 Å². The maximum Gasteiger partial charge on any atom is 0.315 e. The fourth-order valence-corrected chi connectivity index (χ4v) is 1.97. The Morgan fingerprint density at radius 3 is 2.75 bits per heavy atom. The van der Waals surface area contributed by atoms with Crippen LogP contribution in [0, 0.1) is 5.92 Å². The van der Waals surface area contributed by atoms with Gasteiger partial charge in [0.1, 0.15) is 0 Å². The third kappa shape index (κ3) is 4.04. The lowest BCUT2D eigenvalue weighted by Crippen LogP contribution is -2.45. The zero-order valence-electron chi connectivity index (χ0n) is 9.88. The Kier molecular flexibility index (Phi) is 5.12. The molecule has 0 spiro atoms. The fraction of sp³-hybridized carbons (Fsp3) is 0.909. The van der Waals surface area contributed by atoms with E-state index in [-0.39, 0.29) is 0 Å². The molecule has 94 valence electrons. The molecule has 1 amide bonds. The molecule has 1 heterocycles. The van der Waals surface area contributed by atoms with E-state index in [1.807, 2.05) is 13.8 Å². The van der Waals surface area contributed by atoms with E-state index in [4.69, 9.17) is 0 Å². The first-order valence-electron chi connectivity index (χ1n) is 5.81. The Labute approximate surface area is 95.2 Å². The van der Waals surface area contributed by atoms with Crippen molar-refractivity contribution in [3.63, 3.8) is 0 Å². The third-order valence-electron chi connectivity index (χ3n) is 2.83. The summed E-state index contributed by atoms with van der Waals surface area (Å²) in [7, 11) is 0. The number of carbonyl (C=O) groups is 1. The van der Waals surface area contributed by atoms with E-state index in [9.17, 15) is 13.6 Å². The van der Waals surface area contributed by atoms with Gasteiger partial charge in [-0.3, -0.25) is 4.79 Å². The Hall–Kier alpha value is -0.710. The summed E-state index contributed by atoms with van der Waals surface area (Å²) >= 11 is 0. The SMILES string of the molecule is CC(C)NCC1CCCN(C(=O)C(F)F)C1. The molecule has 0 bridgehead atoms. The number of hydrogen-bond donors (Lipinski definition) is 1. The summed E-state index contributed by atoms with van der Waals surface area (Å²) in [4.78, 5) is 12.4. The number of piperidine rings is 1. The van der Waals surface area contributed by atoms with Gasteiger partial charge in [0.15, 0.2) is 0 Å². The Morgan fingerprint density at radius 1 is 1.50 bits per heavy atom. The summed E-state index contributed by atoms with van der Waals surface area (Å²) in [5.74, 6) is -0.715. The number of likely N-dealkylation sites (tertiary alicyclic amines) is 1. The molecular weight excluding hydrogens is 214 g/mol. The minimum atomic E-state index is -2.86. The molecule has 16 heavy (non-hydrogen) atoms. The zero-order valence-corrected chi connectivity index (χ0v) is 9.88. The number of nitrogens with zero attached hydrogens (tertiary/aromatic N) is 1. The number of halogens is 2. The summed E-state index contributed by atoms with van der Waals surface area (Å²) in [6.45, 7) is 5.82. The molecule has 0 saturated carbocycles. The maximum absolute atomic E-state index is 12.2. The van der Waals surface area contributed by atoms with Crippen molar-refractivity contribution in [1.29, 1.82) is 0 Å². The number of nitrogens with one attached hydrogen (secondary N) is 1. The average Bonchev–Trinajstić information content (AvgIpc) is 2.25. The fourth-order valence-electron chi connectivity index (χ4n) is 1.97. The number of carbonyl (C=O) groups excluding carboxylic acids is 1. The molecule has 0 radical (unpaired) electrons. The van der Waals surface area contributed by atoms with Gasteiger partial charge in [0.05, 0.1) is 0 Å². The molecule has 1 unspecified atom stereocenters. The first-order chi connectivity index (χ1) is 7.50. The number of rotatable bonds is 4. The molecular formula is C11H20F2N2O. The molecule has 5 heteroatoms. The summed E-state index contributed by atoms with van der Waals surface area (Å²) in [5.41, 5.74) is 0. The summed E-state index contributed by atoms with van der Waals surface area (Å²) < 4.78 is 24.5. The van der Waals surface area contributed by atoms with Crippen molar-refractivity contribution >= 4 is 5.91 Å². The molecule has 1 aliphatic rings. The van der Waals surface area contributed by atoms with Crippen molar-refractivity contribution < 1.29 is 13.6 Å². The molecule has 1 rings (SSSR count). The predicted octanol–water partition coefficient (Wildman–Crippen LogP) is 1.49. The second-order valence-electron chi connectivity index (χ2n) is 4.66. The zero-order chi connectivity index (χ0) is 12.1. The Morgan fingerprint density at radius 2 is 2.19 bits per heavy atom. The maximum atomic E-state index is 12.2. The minimum absolute atomic E-state index is 0.304. The lowest BCUT2D eigenvalue weighted by Gasteiger charge is -2.33. The van der Waals surface area contributed by atoms with E-state index in [1.165, 1.54) is 4.90 Å². The van der Waals surface area contributed by atoms with Crippen LogP contribution in [0.15, 0.2) is 0 Å². The van der Waals surface area contributed by atoms with Crippen LogP contribution in [0.5, 0.6) is 0 Å².